The highest BCUT2D eigenvalue weighted by molar-refractivity contribution is 5.88. The number of carbonyl (C=O) groups is 1. The number of nitriles is 1. The average Bonchev–Trinajstić information content (AvgIpc) is 3.24. The zero-order chi connectivity index (χ0) is 20.0. The number of hydrogen-bond acceptors (Lipinski definition) is 3. The molecule has 5 heteroatoms. The predicted octanol–water partition coefficient (Wildman–Crippen LogP) is 3.57. The first kappa shape index (κ1) is 18.7. The number of aromatic nitrogens is 1. The molecule has 0 radical (unpaired) electrons. The van der Waals surface area contributed by atoms with Crippen molar-refractivity contribution >= 4 is 16.8 Å². The highest BCUT2D eigenvalue weighted by atomic mass is 16.1. The molecule has 0 bridgehead atoms. The summed E-state index contributed by atoms with van der Waals surface area (Å²) in [5, 5.41) is 13.9. The van der Waals surface area contributed by atoms with Gasteiger partial charge in [0.25, 0.3) is 0 Å². The number of nitrogens with zero attached hydrogens (tertiary/aromatic N) is 2. The summed E-state index contributed by atoms with van der Waals surface area (Å²) in [7, 11) is 0. The van der Waals surface area contributed by atoms with Gasteiger partial charge in [-0.3, -0.25) is 9.69 Å². The average molecular weight is 391 g/mol. The van der Waals surface area contributed by atoms with Crippen LogP contribution in [0.2, 0.25) is 0 Å². The lowest BCUT2D eigenvalue weighted by molar-refractivity contribution is -0.121. The van der Waals surface area contributed by atoms with E-state index in [0.29, 0.717) is 36.8 Å². The van der Waals surface area contributed by atoms with Crippen LogP contribution in [0.3, 0.4) is 0 Å². The summed E-state index contributed by atoms with van der Waals surface area (Å²) in [6.07, 6.45) is 7.19. The van der Waals surface area contributed by atoms with Crippen LogP contribution < -0.4 is 5.32 Å². The van der Waals surface area contributed by atoms with E-state index in [0.717, 1.165) is 25.9 Å². The fourth-order valence-electron chi connectivity index (χ4n) is 6.10. The van der Waals surface area contributed by atoms with Crippen LogP contribution in [-0.2, 0) is 11.2 Å². The number of carbonyl (C=O) groups excluding carboxylic acids is 1. The Bertz CT molecular complexity index is 957. The molecule has 2 heterocycles. The van der Waals surface area contributed by atoms with Crippen LogP contribution in [0.5, 0.6) is 0 Å². The molecule has 1 saturated carbocycles. The minimum atomic E-state index is 0.119. The second-order valence-corrected chi connectivity index (χ2v) is 9.07. The first-order chi connectivity index (χ1) is 14.2. The monoisotopic (exact) mass is 390 g/mol. The van der Waals surface area contributed by atoms with Gasteiger partial charge in [0.15, 0.2) is 0 Å². The summed E-state index contributed by atoms with van der Waals surface area (Å²) in [4.78, 5) is 18.0. The molecule has 5 atom stereocenters. The Morgan fingerprint density at radius 3 is 3.10 bits per heavy atom. The number of likely N-dealkylation sites (tertiary alicyclic amines) is 1. The van der Waals surface area contributed by atoms with E-state index in [9.17, 15) is 10.1 Å². The van der Waals surface area contributed by atoms with Gasteiger partial charge in [0.1, 0.15) is 0 Å². The molecule has 5 nitrogen and oxygen atoms in total. The number of rotatable bonds is 6. The summed E-state index contributed by atoms with van der Waals surface area (Å²) < 4.78 is 0. The van der Waals surface area contributed by atoms with E-state index in [1.165, 1.54) is 34.9 Å². The Labute approximate surface area is 172 Å². The lowest BCUT2D eigenvalue weighted by Gasteiger charge is -2.44. The lowest BCUT2D eigenvalue weighted by atomic mass is 9.75. The maximum absolute atomic E-state index is 11.8. The molecule has 2 aliphatic carbocycles. The van der Waals surface area contributed by atoms with Crippen molar-refractivity contribution in [2.75, 3.05) is 19.6 Å². The molecule has 1 amide bonds. The molecule has 2 fully saturated rings. The molecule has 1 aromatic carbocycles. The molecule has 5 rings (SSSR count). The van der Waals surface area contributed by atoms with Crippen molar-refractivity contribution in [3.8, 4) is 6.07 Å². The van der Waals surface area contributed by atoms with Crippen LogP contribution >= 0.6 is 0 Å². The van der Waals surface area contributed by atoms with Gasteiger partial charge < -0.3 is 10.3 Å². The van der Waals surface area contributed by atoms with Crippen LogP contribution in [-0.4, -0.2) is 41.5 Å². The first-order valence-electron chi connectivity index (χ1n) is 11.2. The number of fused-ring (bicyclic) bond motifs is 2. The van der Waals surface area contributed by atoms with E-state index in [4.69, 9.17) is 0 Å². The number of hydrogen-bond donors (Lipinski definition) is 2. The molecule has 2 N–H and O–H groups in total. The Balaban J connectivity index is 1.29. The van der Waals surface area contributed by atoms with Crippen LogP contribution in [0.15, 0.2) is 24.4 Å². The molecule has 3 aliphatic rings. The largest absolute Gasteiger partial charge is 0.361 e. The fourth-order valence-corrected chi connectivity index (χ4v) is 6.10. The molecule has 1 aliphatic heterocycles. The van der Waals surface area contributed by atoms with E-state index in [1.807, 2.05) is 6.92 Å². The van der Waals surface area contributed by atoms with Crippen LogP contribution in [0.25, 0.3) is 10.9 Å². The van der Waals surface area contributed by atoms with Crippen molar-refractivity contribution in [3.63, 3.8) is 0 Å². The van der Waals surface area contributed by atoms with E-state index < -0.39 is 0 Å². The second kappa shape index (κ2) is 7.50. The van der Waals surface area contributed by atoms with Gasteiger partial charge in [-0.05, 0) is 68.2 Å². The van der Waals surface area contributed by atoms with Crippen LogP contribution in [0.1, 0.15) is 49.7 Å². The van der Waals surface area contributed by atoms with Crippen molar-refractivity contribution in [2.24, 2.45) is 17.8 Å². The standard InChI is InChI=1S/C24H30N4O/c1-2-26-23(29)9-8-16-19(12-25)20(16)14-28-10-4-6-17-18-5-3-7-21-24(18)15(13-27-21)11-22(17)28/h3,5,7,13,16-17,19-20,22,27H,2,4,6,8-11,14H2,1H3,(H,26,29)/t16?,17?,19?,20?,22-/m1/s1. The molecular formula is C24H30N4O. The van der Waals surface area contributed by atoms with E-state index in [1.54, 1.807) is 0 Å². The number of piperidine rings is 1. The number of aromatic amines is 1. The van der Waals surface area contributed by atoms with Crippen molar-refractivity contribution in [3.05, 3.63) is 35.5 Å². The molecule has 2 aromatic rings. The van der Waals surface area contributed by atoms with Gasteiger partial charge in [-0.2, -0.15) is 5.26 Å². The van der Waals surface area contributed by atoms with Gasteiger partial charge >= 0.3 is 0 Å². The van der Waals surface area contributed by atoms with Crippen LogP contribution in [0, 0.1) is 29.1 Å². The molecule has 0 spiro atoms. The van der Waals surface area contributed by atoms with Gasteiger partial charge in [0, 0.05) is 48.6 Å². The number of benzene rings is 1. The second-order valence-electron chi connectivity index (χ2n) is 9.07. The third-order valence-corrected chi connectivity index (χ3v) is 7.55. The van der Waals surface area contributed by atoms with Gasteiger partial charge in [0.05, 0.1) is 12.0 Å². The minimum absolute atomic E-state index is 0.119. The van der Waals surface area contributed by atoms with E-state index in [-0.39, 0.29) is 11.8 Å². The van der Waals surface area contributed by atoms with Crippen molar-refractivity contribution in [1.29, 1.82) is 5.26 Å². The van der Waals surface area contributed by atoms with Crippen molar-refractivity contribution in [2.45, 2.75) is 51.0 Å². The molecule has 4 unspecified atom stereocenters. The SMILES string of the molecule is CCNC(=O)CCC1C(C#N)C1CN1CCCC2c3cccc4[nH]cc(c34)C[C@H]21. The quantitative estimate of drug-likeness (QED) is 0.792. The third kappa shape index (κ3) is 3.24. The summed E-state index contributed by atoms with van der Waals surface area (Å²) in [5.74, 6) is 1.66. The first-order valence-corrected chi connectivity index (χ1v) is 11.2. The zero-order valence-corrected chi connectivity index (χ0v) is 17.2. The summed E-state index contributed by atoms with van der Waals surface area (Å²) in [6, 6.07) is 9.76. The Morgan fingerprint density at radius 1 is 1.38 bits per heavy atom. The molecule has 1 aromatic heterocycles. The zero-order valence-electron chi connectivity index (χ0n) is 17.2. The highest BCUT2D eigenvalue weighted by Gasteiger charge is 2.52. The molecule has 29 heavy (non-hydrogen) atoms. The highest BCUT2D eigenvalue weighted by Crippen LogP contribution is 2.51. The Kier molecular flexibility index (Phi) is 4.83. The summed E-state index contributed by atoms with van der Waals surface area (Å²) in [5.41, 5.74) is 4.23. The molecular weight excluding hydrogens is 360 g/mol. The Hall–Kier alpha value is -2.32. The van der Waals surface area contributed by atoms with Gasteiger partial charge in [-0.1, -0.05) is 12.1 Å². The molecule has 152 valence electrons. The van der Waals surface area contributed by atoms with Crippen molar-refractivity contribution in [1.82, 2.24) is 15.2 Å². The third-order valence-electron chi connectivity index (χ3n) is 7.55. The summed E-state index contributed by atoms with van der Waals surface area (Å²) in [6.45, 7) is 4.77. The minimum Gasteiger partial charge on any atom is -0.361 e. The maximum atomic E-state index is 11.8. The fraction of sp³-hybridized carbons (Fsp3) is 0.583. The van der Waals surface area contributed by atoms with Gasteiger partial charge in [-0.25, -0.2) is 0 Å². The topological polar surface area (TPSA) is 71.9 Å². The van der Waals surface area contributed by atoms with Gasteiger partial charge in [0.2, 0.25) is 5.91 Å². The van der Waals surface area contributed by atoms with E-state index >= 15 is 0 Å². The lowest BCUT2D eigenvalue weighted by Crippen LogP contribution is -2.47. The van der Waals surface area contributed by atoms with Gasteiger partial charge in [-0.15, -0.1) is 0 Å². The van der Waals surface area contributed by atoms with Crippen molar-refractivity contribution < 1.29 is 4.79 Å². The summed E-state index contributed by atoms with van der Waals surface area (Å²) >= 11 is 0. The smallest absolute Gasteiger partial charge is 0.219 e. The Morgan fingerprint density at radius 2 is 2.28 bits per heavy atom. The number of H-pyrrole nitrogens is 1. The molecule has 1 saturated heterocycles. The normalized spacial score (nSPS) is 30.6. The maximum Gasteiger partial charge on any atom is 0.219 e. The van der Waals surface area contributed by atoms with E-state index in [2.05, 4.69) is 45.7 Å². The van der Waals surface area contributed by atoms with Crippen LogP contribution in [0.4, 0.5) is 0 Å². The predicted molar refractivity (Wildman–Crippen MR) is 113 cm³/mol. The number of amides is 1. The number of nitrogens with one attached hydrogen (secondary N) is 2.